The monoisotopic (exact) mass is 519 g/mol. The fourth-order valence-corrected chi connectivity index (χ4v) is 5.44. The first-order chi connectivity index (χ1) is 17.4. The van der Waals surface area contributed by atoms with Crippen LogP contribution >= 0.6 is 11.3 Å². The molecule has 2 aliphatic rings. The third kappa shape index (κ3) is 7.54. The summed E-state index contributed by atoms with van der Waals surface area (Å²) < 4.78 is 5.25. The molecule has 0 spiro atoms. The summed E-state index contributed by atoms with van der Waals surface area (Å²) in [7, 11) is 0. The van der Waals surface area contributed by atoms with Gasteiger partial charge in [-0.3, -0.25) is 19.7 Å². The van der Waals surface area contributed by atoms with Gasteiger partial charge < -0.3 is 25.9 Å². The van der Waals surface area contributed by atoms with Crippen LogP contribution in [0.15, 0.2) is 29.4 Å². The molecule has 2 amide bonds. The van der Waals surface area contributed by atoms with Gasteiger partial charge >= 0.3 is 5.97 Å². The van der Waals surface area contributed by atoms with E-state index in [0.29, 0.717) is 18.0 Å². The number of nitrogens with two attached hydrogens (primary N) is 1. The number of oxime groups is 1. The molecule has 1 unspecified atom stereocenters. The van der Waals surface area contributed by atoms with Crippen LogP contribution in [0.2, 0.25) is 0 Å². The van der Waals surface area contributed by atoms with Crippen molar-refractivity contribution in [2.45, 2.75) is 70.5 Å². The number of esters is 1. The number of unbranched alkanes of at least 4 members (excludes halogenated alkanes) is 1. The van der Waals surface area contributed by atoms with E-state index >= 15 is 0 Å². The van der Waals surface area contributed by atoms with Gasteiger partial charge in [0.1, 0.15) is 6.04 Å². The van der Waals surface area contributed by atoms with Crippen LogP contribution in [0, 0.1) is 5.92 Å². The number of thiophene rings is 1. The average Bonchev–Trinajstić information content (AvgIpc) is 3.58. The van der Waals surface area contributed by atoms with Gasteiger partial charge in [-0.1, -0.05) is 49.9 Å². The van der Waals surface area contributed by atoms with Crippen LogP contribution in [0.3, 0.4) is 0 Å². The van der Waals surface area contributed by atoms with E-state index in [0.717, 1.165) is 49.8 Å². The SMILES string of the molecule is CCCCOC(=O)CN[C@H](C(=O)N1CC=CC1C(=O)NCc1ccc(/C(N)=N/O)s1)C1CCCCC1. The van der Waals surface area contributed by atoms with Crippen molar-refractivity contribution in [1.82, 2.24) is 15.5 Å². The third-order valence-corrected chi connectivity index (χ3v) is 7.69. The Morgan fingerprint density at radius 2 is 2.06 bits per heavy atom. The fourth-order valence-electron chi connectivity index (χ4n) is 4.59. The minimum Gasteiger partial charge on any atom is -0.465 e. The Hall–Kier alpha value is -2.92. The van der Waals surface area contributed by atoms with E-state index in [-0.39, 0.29) is 42.6 Å². The molecule has 0 saturated heterocycles. The normalized spacial score (nSPS) is 19.3. The van der Waals surface area contributed by atoms with Gasteiger partial charge in [0.15, 0.2) is 5.84 Å². The van der Waals surface area contributed by atoms with Crippen molar-refractivity contribution in [3.05, 3.63) is 34.0 Å². The molecule has 0 radical (unpaired) electrons. The second-order valence-electron chi connectivity index (χ2n) is 9.16. The lowest BCUT2D eigenvalue weighted by Crippen LogP contribution is -2.56. The van der Waals surface area contributed by atoms with Crippen LogP contribution in [0.4, 0.5) is 0 Å². The Morgan fingerprint density at radius 1 is 1.28 bits per heavy atom. The summed E-state index contributed by atoms with van der Waals surface area (Å²) in [4.78, 5) is 41.9. The van der Waals surface area contributed by atoms with E-state index in [9.17, 15) is 14.4 Å². The molecule has 1 saturated carbocycles. The second-order valence-corrected chi connectivity index (χ2v) is 10.3. The Balaban J connectivity index is 1.61. The number of carbonyl (C=O) groups excluding carboxylic acids is 3. The van der Waals surface area contributed by atoms with Crippen LogP contribution in [0.25, 0.3) is 0 Å². The molecule has 2 heterocycles. The fraction of sp³-hybridized carbons (Fsp3) is 0.600. The maximum Gasteiger partial charge on any atom is 0.319 e. The molecule has 198 valence electrons. The van der Waals surface area contributed by atoms with E-state index in [1.54, 1.807) is 23.1 Å². The number of rotatable bonds is 12. The lowest BCUT2D eigenvalue weighted by molar-refractivity contribution is -0.144. The number of amidine groups is 1. The van der Waals surface area contributed by atoms with E-state index in [1.165, 1.54) is 11.3 Å². The zero-order valence-electron chi connectivity index (χ0n) is 20.8. The number of amides is 2. The van der Waals surface area contributed by atoms with Crippen molar-refractivity contribution >= 4 is 35.0 Å². The molecule has 1 aliphatic heterocycles. The Labute approximate surface area is 215 Å². The number of ether oxygens (including phenoxy) is 1. The molecular formula is C25H37N5O5S. The van der Waals surface area contributed by atoms with Crippen LogP contribution in [-0.2, 0) is 25.7 Å². The highest BCUT2D eigenvalue weighted by molar-refractivity contribution is 7.14. The number of hydrogen-bond donors (Lipinski definition) is 4. The first-order valence-corrected chi connectivity index (χ1v) is 13.5. The van der Waals surface area contributed by atoms with E-state index in [4.69, 9.17) is 15.7 Å². The zero-order chi connectivity index (χ0) is 25.9. The van der Waals surface area contributed by atoms with Crippen LogP contribution in [0.5, 0.6) is 0 Å². The lowest BCUT2D eigenvalue weighted by Gasteiger charge is -2.34. The van der Waals surface area contributed by atoms with Crippen molar-refractivity contribution in [2.24, 2.45) is 16.8 Å². The van der Waals surface area contributed by atoms with Crippen molar-refractivity contribution in [3.8, 4) is 0 Å². The highest BCUT2D eigenvalue weighted by atomic mass is 32.1. The van der Waals surface area contributed by atoms with Gasteiger partial charge in [0, 0.05) is 11.4 Å². The quantitative estimate of drug-likeness (QED) is 0.0629. The van der Waals surface area contributed by atoms with E-state index in [1.807, 2.05) is 13.0 Å². The summed E-state index contributed by atoms with van der Waals surface area (Å²) in [5.41, 5.74) is 5.61. The molecule has 10 nitrogen and oxygen atoms in total. The molecule has 3 rings (SSSR count). The van der Waals surface area contributed by atoms with Crippen molar-refractivity contribution < 1.29 is 24.3 Å². The van der Waals surface area contributed by atoms with Crippen LogP contribution < -0.4 is 16.4 Å². The molecule has 11 heteroatoms. The van der Waals surface area contributed by atoms with E-state index in [2.05, 4.69) is 15.8 Å². The minimum absolute atomic E-state index is 0.0172. The summed E-state index contributed by atoms with van der Waals surface area (Å²) >= 11 is 1.31. The smallest absolute Gasteiger partial charge is 0.319 e. The largest absolute Gasteiger partial charge is 0.465 e. The Bertz CT molecular complexity index is 956. The first-order valence-electron chi connectivity index (χ1n) is 12.6. The average molecular weight is 520 g/mol. The summed E-state index contributed by atoms with van der Waals surface area (Å²) in [5.74, 6) is -0.685. The molecule has 5 N–H and O–H groups in total. The third-order valence-electron chi connectivity index (χ3n) is 6.58. The highest BCUT2D eigenvalue weighted by Crippen LogP contribution is 2.28. The zero-order valence-corrected chi connectivity index (χ0v) is 21.6. The van der Waals surface area contributed by atoms with Gasteiger partial charge in [-0.15, -0.1) is 11.3 Å². The molecular weight excluding hydrogens is 482 g/mol. The van der Waals surface area contributed by atoms with Gasteiger partial charge in [-0.2, -0.15) is 0 Å². The summed E-state index contributed by atoms with van der Waals surface area (Å²) in [5, 5.41) is 17.9. The molecule has 0 bridgehead atoms. The van der Waals surface area contributed by atoms with Crippen LogP contribution in [0.1, 0.15) is 61.6 Å². The Morgan fingerprint density at radius 3 is 2.78 bits per heavy atom. The van der Waals surface area contributed by atoms with Gasteiger partial charge in [0.25, 0.3) is 0 Å². The van der Waals surface area contributed by atoms with Crippen LogP contribution in [-0.4, -0.2) is 65.5 Å². The summed E-state index contributed by atoms with van der Waals surface area (Å²) in [6.07, 6.45) is 10.4. The number of carbonyl (C=O) groups is 3. The number of nitrogens with zero attached hydrogens (tertiary/aromatic N) is 2. The highest BCUT2D eigenvalue weighted by Gasteiger charge is 2.38. The van der Waals surface area contributed by atoms with Crippen molar-refractivity contribution in [2.75, 3.05) is 19.7 Å². The maximum absolute atomic E-state index is 13.7. The minimum atomic E-state index is -0.717. The number of nitrogens with one attached hydrogen (secondary N) is 2. The second kappa shape index (κ2) is 14.0. The van der Waals surface area contributed by atoms with E-state index < -0.39 is 12.1 Å². The lowest BCUT2D eigenvalue weighted by atomic mass is 9.83. The predicted molar refractivity (Wildman–Crippen MR) is 138 cm³/mol. The molecule has 2 atom stereocenters. The van der Waals surface area contributed by atoms with Gasteiger partial charge in [0.05, 0.1) is 30.6 Å². The van der Waals surface area contributed by atoms with Gasteiger partial charge in [-0.05, 0) is 37.3 Å². The first kappa shape index (κ1) is 27.7. The topological polar surface area (TPSA) is 146 Å². The standard InChI is InChI=1S/C25H37N5O5S/c1-2-3-14-35-21(31)16-27-22(17-8-5-4-6-9-17)25(33)30-13-7-10-19(30)24(32)28-15-18-11-12-20(36-18)23(26)29-34/h7,10-12,17,19,22,27,34H,2-6,8-9,13-16H2,1H3,(H2,26,29)(H,28,32)/t19?,22-/m0/s1. The predicted octanol–water partition coefficient (Wildman–Crippen LogP) is 2.11. The Kier molecular flexibility index (Phi) is 10.7. The molecule has 1 aliphatic carbocycles. The summed E-state index contributed by atoms with van der Waals surface area (Å²) in [6, 6.07) is 2.26. The van der Waals surface area contributed by atoms with Crippen molar-refractivity contribution in [3.63, 3.8) is 0 Å². The number of hydrogen-bond acceptors (Lipinski definition) is 8. The summed E-state index contributed by atoms with van der Waals surface area (Å²) in [6.45, 7) is 2.98. The molecule has 1 fully saturated rings. The van der Waals surface area contributed by atoms with Gasteiger partial charge in [0.2, 0.25) is 11.8 Å². The van der Waals surface area contributed by atoms with Crippen molar-refractivity contribution in [1.29, 1.82) is 0 Å². The van der Waals surface area contributed by atoms with Gasteiger partial charge in [-0.25, -0.2) is 0 Å². The molecule has 1 aromatic heterocycles. The molecule has 1 aromatic rings. The molecule has 0 aromatic carbocycles. The molecule has 36 heavy (non-hydrogen) atoms. The maximum atomic E-state index is 13.7.